The van der Waals surface area contributed by atoms with Crippen molar-refractivity contribution < 1.29 is 9.84 Å². The predicted molar refractivity (Wildman–Crippen MR) is 115 cm³/mol. The minimum atomic E-state index is 0.216. The van der Waals surface area contributed by atoms with Gasteiger partial charge in [0.15, 0.2) is 5.96 Å². The summed E-state index contributed by atoms with van der Waals surface area (Å²) in [4.78, 5) is 6.96. The van der Waals surface area contributed by atoms with Crippen LogP contribution in [0.15, 0.2) is 47.5 Å². The summed E-state index contributed by atoms with van der Waals surface area (Å²) in [5.74, 6) is 1.66. The van der Waals surface area contributed by atoms with Crippen molar-refractivity contribution in [3.05, 3.63) is 53.1 Å². The molecule has 0 saturated carbocycles. The van der Waals surface area contributed by atoms with Gasteiger partial charge in [0, 0.05) is 41.9 Å². The number of aliphatic imine (C=N–C) groups is 1. The molecule has 0 aromatic heterocycles. The monoisotopic (exact) mass is 402 g/mol. The smallest absolute Gasteiger partial charge is 0.191 e. The summed E-state index contributed by atoms with van der Waals surface area (Å²) in [5, 5.41) is 17.6. The van der Waals surface area contributed by atoms with Crippen LogP contribution in [-0.2, 0) is 6.54 Å². The number of phenols is 1. The van der Waals surface area contributed by atoms with Crippen molar-refractivity contribution in [2.45, 2.75) is 25.9 Å². The Morgan fingerprint density at radius 3 is 2.93 bits per heavy atom. The molecule has 28 heavy (non-hydrogen) atoms. The molecule has 1 heterocycles. The molecule has 0 radical (unpaired) electrons. The van der Waals surface area contributed by atoms with Crippen molar-refractivity contribution in [1.29, 1.82) is 0 Å². The molecule has 0 amide bonds. The van der Waals surface area contributed by atoms with E-state index in [4.69, 9.17) is 16.3 Å². The predicted octanol–water partition coefficient (Wildman–Crippen LogP) is 3.39. The Morgan fingerprint density at radius 1 is 1.32 bits per heavy atom. The molecule has 0 spiro atoms. The third-order valence-electron chi connectivity index (χ3n) is 4.74. The number of phenolic OH excluding ortho intramolecular Hbond substituents is 1. The Balaban J connectivity index is 1.64. The van der Waals surface area contributed by atoms with Gasteiger partial charge in [0.25, 0.3) is 0 Å². The fraction of sp³-hybridized carbons (Fsp3) is 0.381. The van der Waals surface area contributed by atoms with Crippen LogP contribution in [0.3, 0.4) is 0 Å². The van der Waals surface area contributed by atoms with Crippen molar-refractivity contribution in [2.24, 2.45) is 4.99 Å². The number of guanidine groups is 1. The Kier molecular flexibility index (Phi) is 6.87. The second-order valence-corrected chi connectivity index (χ2v) is 7.18. The van der Waals surface area contributed by atoms with Crippen LogP contribution in [0.25, 0.3) is 0 Å². The highest BCUT2D eigenvalue weighted by Gasteiger charge is 2.23. The van der Waals surface area contributed by atoms with Crippen LogP contribution < -0.4 is 20.3 Å². The molecule has 7 heteroatoms. The highest BCUT2D eigenvalue weighted by atomic mass is 35.5. The summed E-state index contributed by atoms with van der Waals surface area (Å²) < 4.78 is 5.23. The third-order valence-corrected chi connectivity index (χ3v) is 4.98. The van der Waals surface area contributed by atoms with Gasteiger partial charge in [0.2, 0.25) is 0 Å². The number of rotatable bonds is 6. The standard InChI is InChI=1S/C21H27ClN4O2/c1-3-23-21(24-13-15-11-19(28-2)7-8-20(15)27)25-17-9-10-26(14-17)18-6-4-5-16(22)12-18/h4-8,11-12,17,27H,3,9-10,13-14H2,1-2H3,(H2,23,24,25). The highest BCUT2D eigenvalue weighted by molar-refractivity contribution is 6.30. The van der Waals surface area contributed by atoms with Crippen molar-refractivity contribution >= 4 is 23.2 Å². The fourth-order valence-corrected chi connectivity index (χ4v) is 3.46. The SMILES string of the molecule is CCNC(=NCc1cc(OC)ccc1O)NC1CCN(c2cccc(Cl)c2)C1. The molecule has 2 aromatic carbocycles. The van der Waals surface area contributed by atoms with E-state index in [1.54, 1.807) is 25.3 Å². The largest absolute Gasteiger partial charge is 0.508 e. The van der Waals surface area contributed by atoms with E-state index in [0.29, 0.717) is 12.3 Å². The lowest BCUT2D eigenvalue weighted by Gasteiger charge is -2.20. The molecule has 0 aliphatic carbocycles. The number of ether oxygens (including phenoxy) is 1. The van der Waals surface area contributed by atoms with E-state index < -0.39 is 0 Å². The first-order valence-electron chi connectivity index (χ1n) is 9.50. The van der Waals surface area contributed by atoms with Crippen LogP contribution in [0.4, 0.5) is 5.69 Å². The summed E-state index contributed by atoms with van der Waals surface area (Å²) >= 11 is 6.12. The molecule has 3 N–H and O–H groups in total. The zero-order valence-electron chi connectivity index (χ0n) is 16.3. The van der Waals surface area contributed by atoms with Gasteiger partial charge in [-0.2, -0.15) is 0 Å². The molecule has 1 unspecified atom stereocenters. The minimum Gasteiger partial charge on any atom is -0.508 e. The normalized spacial score (nSPS) is 16.9. The second kappa shape index (κ2) is 9.55. The Morgan fingerprint density at radius 2 is 2.18 bits per heavy atom. The molecule has 1 aliphatic heterocycles. The number of methoxy groups -OCH3 is 1. The number of aromatic hydroxyl groups is 1. The first-order valence-corrected chi connectivity index (χ1v) is 9.88. The van der Waals surface area contributed by atoms with Crippen molar-refractivity contribution in [3.8, 4) is 11.5 Å². The van der Waals surface area contributed by atoms with Crippen LogP contribution in [0, 0.1) is 0 Å². The first-order chi connectivity index (χ1) is 13.6. The van der Waals surface area contributed by atoms with Crippen LogP contribution in [0.1, 0.15) is 18.9 Å². The summed E-state index contributed by atoms with van der Waals surface area (Å²) in [5.41, 5.74) is 1.86. The van der Waals surface area contributed by atoms with E-state index in [0.717, 1.165) is 48.3 Å². The number of nitrogens with one attached hydrogen (secondary N) is 2. The van der Waals surface area contributed by atoms with Gasteiger partial charge >= 0.3 is 0 Å². The average molecular weight is 403 g/mol. The molecule has 1 saturated heterocycles. The Labute approximate surface area is 171 Å². The fourth-order valence-electron chi connectivity index (χ4n) is 3.28. The Bertz CT molecular complexity index is 828. The van der Waals surface area contributed by atoms with E-state index in [1.807, 2.05) is 25.1 Å². The lowest BCUT2D eigenvalue weighted by Crippen LogP contribution is -2.44. The molecule has 1 atom stereocenters. The van der Waals surface area contributed by atoms with Crippen LogP contribution in [0.5, 0.6) is 11.5 Å². The second-order valence-electron chi connectivity index (χ2n) is 6.75. The quantitative estimate of drug-likeness (QED) is 0.510. The number of halogens is 1. The van der Waals surface area contributed by atoms with E-state index in [2.05, 4.69) is 26.6 Å². The average Bonchev–Trinajstić information content (AvgIpc) is 3.16. The van der Waals surface area contributed by atoms with E-state index in [1.165, 1.54) is 0 Å². The highest BCUT2D eigenvalue weighted by Crippen LogP contribution is 2.24. The summed E-state index contributed by atoms with van der Waals surface area (Å²) in [7, 11) is 1.61. The summed E-state index contributed by atoms with van der Waals surface area (Å²) in [6.45, 7) is 5.01. The molecule has 1 fully saturated rings. The molecule has 0 bridgehead atoms. The molecule has 150 valence electrons. The maximum atomic E-state index is 10.1. The van der Waals surface area contributed by atoms with Crippen LogP contribution in [0.2, 0.25) is 5.02 Å². The third kappa shape index (κ3) is 5.23. The number of hydrogen-bond donors (Lipinski definition) is 3. The Hall–Kier alpha value is -2.60. The summed E-state index contributed by atoms with van der Waals surface area (Å²) in [6, 6.07) is 13.4. The van der Waals surface area contributed by atoms with E-state index >= 15 is 0 Å². The van der Waals surface area contributed by atoms with Gasteiger partial charge in [-0.15, -0.1) is 0 Å². The zero-order chi connectivity index (χ0) is 19.9. The lowest BCUT2D eigenvalue weighted by atomic mass is 10.2. The molecule has 3 rings (SSSR count). The summed E-state index contributed by atoms with van der Waals surface area (Å²) in [6.07, 6.45) is 1.02. The van der Waals surface area contributed by atoms with Crippen molar-refractivity contribution in [1.82, 2.24) is 10.6 Å². The first kappa shape index (κ1) is 20.1. The zero-order valence-corrected chi connectivity index (χ0v) is 17.0. The van der Waals surface area contributed by atoms with Gasteiger partial charge in [0.05, 0.1) is 13.7 Å². The van der Waals surface area contributed by atoms with Gasteiger partial charge in [-0.25, -0.2) is 4.99 Å². The van der Waals surface area contributed by atoms with Gasteiger partial charge in [-0.05, 0) is 49.7 Å². The van der Waals surface area contributed by atoms with Gasteiger partial charge in [-0.1, -0.05) is 17.7 Å². The number of hydrogen-bond acceptors (Lipinski definition) is 4. The lowest BCUT2D eigenvalue weighted by molar-refractivity contribution is 0.411. The van der Waals surface area contributed by atoms with E-state index in [-0.39, 0.29) is 11.8 Å². The maximum absolute atomic E-state index is 10.1. The molecular weight excluding hydrogens is 376 g/mol. The molecule has 2 aromatic rings. The molecule has 6 nitrogen and oxygen atoms in total. The topological polar surface area (TPSA) is 69.1 Å². The van der Waals surface area contributed by atoms with Crippen molar-refractivity contribution in [3.63, 3.8) is 0 Å². The van der Waals surface area contributed by atoms with Crippen molar-refractivity contribution in [2.75, 3.05) is 31.6 Å². The van der Waals surface area contributed by atoms with Gasteiger partial charge in [0.1, 0.15) is 11.5 Å². The number of nitrogens with zero attached hydrogens (tertiary/aromatic N) is 2. The van der Waals surface area contributed by atoms with Gasteiger partial charge in [-0.3, -0.25) is 0 Å². The van der Waals surface area contributed by atoms with E-state index in [9.17, 15) is 5.11 Å². The minimum absolute atomic E-state index is 0.216. The van der Waals surface area contributed by atoms with Crippen LogP contribution in [-0.4, -0.2) is 43.9 Å². The maximum Gasteiger partial charge on any atom is 0.191 e. The van der Waals surface area contributed by atoms with Crippen LogP contribution >= 0.6 is 11.6 Å². The molecular formula is C21H27ClN4O2. The number of anilines is 1. The number of benzene rings is 2. The molecule has 1 aliphatic rings. The van der Waals surface area contributed by atoms with Gasteiger partial charge < -0.3 is 25.4 Å².